The number of hydrogen-bond acceptors (Lipinski definition) is 4. The van der Waals surface area contributed by atoms with E-state index in [1.54, 1.807) is 0 Å². The monoisotopic (exact) mass is 450 g/mol. The van der Waals surface area contributed by atoms with Crippen LogP contribution in [0.4, 0.5) is 0 Å². The van der Waals surface area contributed by atoms with Crippen LogP contribution in [0.25, 0.3) is 0 Å². The van der Waals surface area contributed by atoms with Crippen LogP contribution < -0.4 is 0 Å². The summed E-state index contributed by atoms with van der Waals surface area (Å²) in [6.45, 7) is 2.56. The second-order valence-electron chi connectivity index (χ2n) is 12.3. The molecule has 0 aliphatic heterocycles. The van der Waals surface area contributed by atoms with E-state index in [0.717, 1.165) is 103 Å². The molecule has 0 amide bonds. The van der Waals surface area contributed by atoms with Crippen molar-refractivity contribution in [1.82, 2.24) is 0 Å². The van der Waals surface area contributed by atoms with Crippen LogP contribution >= 0.6 is 0 Å². The van der Waals surface area contributed by atoms with E-state index in [1.165, 1.54) is 0 Å². The summed E-state index contributed by atoms with van der Waals surface area (Å²) in [4.78, 5) is 0. The Morgan fingerprint density at radius 3 is 0.750 bits per heavy atom. The molecule has 0 atom stereocenters. The summed E-state index contributed by atoms with van der Waals surface area (Å²) < 4.78 is 0. The van der Waals surface area contributed by atoms with E-state index in [-0.39, 0.29) is 24.4 Å². The van der Waals surface area contributed by atoms with E-state index < -0.39 is 0 Å². The second kappa shape index (κ2) is 11.5. The van der Waals surface area contributed by atoms with Crippen LogP contribution in [0.3, 0.4) is 0 Å². The largest absolute Gasteiger partial charge is 0.393 e. The number of aliphatic hydroxyl groups is 4. The van der Waals surface area contributed by atoms with E-state index in [1.807, 2.05) is 0 Å². The van der Waals surface area contributed by atoms with Gasteiger partial charge in [-0.1, -0.05) is 6.92 Å². The normalized spacial score (nSPS) is 44.5. The van der Waals surface area contributed by atoms with Crippen LogP contribution in [0.1, 0.15) is 110 Å². The van der Waals surface area contributed by atoms with Crippen LogP contribution in [0.15, 0.2) is 0 Å². The average Bonchev–Trinajstić information content (AvgIpc) is 2.79. The van der Waals surface area contributed by atoms with Crippen LogP contribution in [0.2, 0.25) is 0 Å². The molecule has 4 fully saturated rings. The summed E-state index contributed by atoms with van der Waals surface area (Å²) in [7, 11) is 0. The Balaban J connectivity index is 1.56. The standard InChI is InChI=1S/C28H50O4/c1-18(27(19-2-10-23(29)11-3-19)20-4-12-24(30)13-5-20)28(21-6-14-25(31)15-7-21)22-8-16-26(32)17-9-22/h18-32H,2-17H2,1H3. The maximum atomic E-state index is 10.2. The molecule has 0 aromatic rings. The van der Waals surface area contributed by atoms with Crippen LogP contribution in [-0.2, 0) is 0 Å². The third-order valence-corrected chi connectivity index (χ3v) is 10.4. The zero-order valence-electron chi connectivity index (χ0n) is 20.5. The highest BCUT2D eigenvalue weighted by atomic mass is 16.3. The van der Waals surface area contributed by atoms with Gasteiger partial charge in [0.25, 0.3) is 0 Å². The van der Waals surface area contributed by atoms with E-state index >= 15 is 0 Å². The van der Waals surface area contributed by atoms with Gasteiger partial charge in [-0.2, -0.15) is 0 Å². The van der Waals surface area contributed by atoms with E-state index in [2.05, 4.69) is 6.92 Å². The highest BCUT2D eigenvalue weighted by Crippen LogP contribution is 2.52. The number of aliphatic hydroxyl groups excluding tert-OH is 4. The van der Waals surface area contributed by atoms with E-state index in [0.29, 0.717) is 41.4 Å². The van der Waals surface area contributed by atoms with Gasteiger partial charge in [0.1, 0.15) is 0 Å². The number of rotatable bonds is 6. The lowest BCUT2D eigenvalue weighted by Gasteiger charge is -2.50. The smallest absolute Gasteiger partial charge is 0.0540 e. The molecule has 0 unspecified atom stereocenters. The highest BCUT2D eigenvalue weighted by molar-refractivity contribution is 4.94. The van der Waals surface area contributed by atoms with Crippen molar-refractivity contribution >= 4 is 0 Å². The summed E-state index contributed by atoms with van der Waals surface area (Å²) in [6, 6.07) is 0. The predicted octanol–water partition coefficient (Wildman–Crippen LogP) is 5.06. The molecule has 0 radical (unpaired) electrons. The van der Waals surface area contributed by atoms with Crippen molar-refractivity contribution in [3.63, 3.8) is 0 Å². The Hall–Kier alpha value is -0.160. The van der Waals surface area contributed by atoms with Crippen molar-refractivity contribution in [1.29, 1.82) is 0 Å². The lowest BCUT2D eigenvalue weighted by molar-refractivity contribution is -0.0328. The van der Waals surface area contributed by atoms with Crippen molar-refractivity contribution in [2.24, 2.45) is 41.4 Å². The fourth-order valence-corrected chi connectivity index (χ4v) is 8.69. The van der Waals surface area contributed by atoms with Crippen molar-refractivity contribution in [2.75, 3.05) is 0 Å². The Morgan fingerprint density at radius 2 is 0.562 bits per heavy atom. The molecule has 4 heteroatoms. The molecule has 186 valence electrons. The van der Waals surface area contributed by atoms with Gasteiger partial charge in [-0.3, -0.25) is 0 Å². The van der Waals surface area contributed by atoms with E-state index in [9.17, 15) is 20.4 Å². The third-order valence-electron chi connectivity index (χ3n) is 10.4. The fourth-order valence-electron chi connectivity index (χ4n) is 8.69. The maximum absolute atomic E-state index is 10.2. The summed E-state index contributed by atoms with van der Waals surface area (Å²) in [6.07, 6.45) is 16.5. The highest BCUT2D eigenvalue weighted by Gasteiger charge is 2.45. The van der Waals surface area contributed by atoms with Gasteiger partial charge in [0.2, 0.25) is 0 Å². The third kappa shape index (κ3) is 6.09. The van der Waals surface area contributed by atoms with Gasteiger partial charge >= 0.3 is 0 Å². The van der Waals surface area contributed by atoms with Gasteiger partial charge in [0, 0.05) is 0 Å². The Morgan fingerprint density at radius 1 is 0.375 bits per heavy atom. The van der Waals surface area contributed by atoms with Crippen LogP contribution in [0.5, 0.6) is 0 Å². The summed E-state index contributed by atoms with van der Waals surface area (Å²) >= 11 is 0. The lowest BCUT2D eigenvalue weighted by Crippen LogP contribution is -2.43. The topological polar surface area (TPSA) is 80.9 Å². The molecule has 4 rings (SSSR count). The Bertz CT molecular complexity index is 444. The molecule has 4 nitrogen and oxygen atoms in total. The Labute approximate surface area is 196 Å². The predicted molar refractivity (Wildman–Crippen MR) is 128 cm³/mol. The molecular weight excluding hydrogens is 400 g/mol. The van der Waals surface area contributed by atoms with Crippen LogP contribution in [-0.4, -0.2) is 44.8 Å². The van der Waals surface area contributed by atoms with Gasteiger partial charge in [0.15, 0.2) is 0 Å². The molecule has 0 saturated heterocycles. The molecule has 0 aromatic heterocycles. The van der Waals surface area contributed by atoms with E-state index in [4.69, 9.17) is 0 Å². The first-order valence-corrected chi connectivity index (χ1v) is 14.1. The quantitative estimate of drug-likeness (QED) is 0.456. The SMILES string of the molecule is CC(C(C1CCC(O)CC1)C1CCC(O)CC1)C(C1CCC(O)CC1)C1CCC(O)CC1. The Kier molecular flexibility index (Phi) is 8.98. The number of hydrogen-bond donors (Lipinski definition) is 4. The molecule has 4 N–H and O–H groups in total. The van der Waals surface area contributed by atoms with Gasteiger partial charge < -0.3 is 20.4 Å². The van der Waals surface area contributed by atoms with Gasteiger partial charge in [-0.05, 0) is 144 Å². The lowest BCUT2D eigenvalue weighted by atomic mass is 9.56. The molecule has 4 aliphatic rings. The first-order valence-electron chi connectivity index (χ1n) is 14.1. The summed E-state index contributed by atoms with van der Waals surface area (Å²) in [5.74, 6) is 4.87. The molecule has 0 aromatic carbocycles. The fraction of sp³-hybridized carbons (Fsp3) is 1.00. The molecule has 0 heterocycles. The van der Waals surface area contributed by atoms with Crippen molar-refractivity contribution in [2.45, 2.75) is 134 Å². The molecule has 4 aliphatic carbocycles. The second-order valence-corrected chi connectivity index (χ2v) is 12.3. The van der Waals surface area contributed by atoms with Crippen molar-refractivity contribution < 1.29 is 20.4 Å². The minimum atomic E-state index is -0.106. The zero-order chi connectivity index (χ0) is 22.7. The average molecular weight is 451 g/mol. The molecule has 4 saturated carbocycles. The minimum absolute atomic E-state index is 0.106. The van der Waals surface area contributed by atoms with Crippen LogP contribution in [0, 0.1) is 41.4 Å². The first kappa shape index (κ1) is 24.9. The molecule has 32 heavy (non-hydrogen) atoms. The molecule has 0 bridgehead atoms. The zero-order valence-corrected chi connectivity index (χ0v) is 20.5. The van der Waals surface area contributed by atoms with Gasteiger partial charge in [-0.25, -0.2) is 0 Å². The van der Waals surface area contributed by atoms with Gasteiger partial charge in [0.05, 0.1) is 24.4 Å². The van der Waals surface area contributed by atoms with Gasteiger partial charge in [-0.15, -0.1) is 0 Å². The molecular formula is C28H50O4. The first-order chi connectivity index (χ1) is 15.4. The summed E-state index contributed by atoms with van der Waals surface area (Å²) in [5.41, 5.74) is 0. The van der Waals surface area contributed by atoms with Crippen molar-refractivity contribution in [3.05, 3.63) is 0 Å². The minimum Gasteiger partial charge on any atom is -0.393 e. The summed E-state index contributed by atoms with van der Waals surface area (Å²) in [5, 5.41) is 40.7. The maximum Gasteiger partial charge on any atom is 0.0540 e. The molecule has 0 spiro atoms. The van der Waals surface area contributed by atoms with Crippen molar-refractivity contribution in [3.8, 4) is 0 Å².